The summed E-state index contributed by atoms with van der Waals surface area (Å²) in [5, 5.41) is 51.9. The Balaban J connectivity index is 3.00. The molecule has 2 amide bonds. The number of nitrogens with two attached hydrogens (primary N) is 1. The zero-order valence-corrected chi connectivity index (χ0v) is 83.9. The summed E-state index contributed by atoms with van der Waals surface area (Å²) in [4.78, 5) is 131. The van der Waals surface area contributed by atoms with Crippen LogP contribution in [0.1, 0.15) is 465 Å². The number of nitrogens with one attached hydrogen (secondary N) is 2. The molecule has 34 heteroatoms. The van der Waals surface area contributed by atoms with Crippen LogP contribution >= 0.6 is 23.5 Å². The van der Waals surface area contributed by atoms with E-state index < -0.39 is 190 Å². The van der Waals surface area contributed by atoms with Gasteiger partial charge in [-0.15, -0.1) is 0 Å². The highest BCUT2D eigenvalue weighted by molar-refractivity contribution is 7.61. The monoisotopic (exact) mass is 1920 g/mol. The summed E-state index contributed by atoms with van der Waals surface area (Å²) < 4.78 is 105. The summed E-state index contributed by atoms with van der Waals surface area (Å²) >= 11 is 0. The van der Waals surface area contributed by atoms with E-state index in [2.05, 4.69) is 52.2 Å². The topological polar surface area (TPSA) is 467 Å². The predicted octanol–water partition coefficient (Wildman–Crippen LogP) is 20.7. The molecular formula is C96H184N3O28P3. The molecule has 0 bridgehead atoms. The number of unbranched alkanes of at least 4 members (excludes halogenated alkanes) is 50. The summed E-state index contributed by atoms with van der Waals surface area (Å²) in [7, 11) is -17.4. The Hall–Kier alpha value is -3.13. The molecule has 31 nitrogen and oxygen atoms in total. The van der Waals surface area contributed by atoms with Gasteiger partial charge in [0.2, 0.25) is 11.8 Å². The van der Waals surface area contributed by atoms with Gasteiger partial charge >= 0.3 is 47.3 Å². The number of ether oxygens (including phenoxy) is 7. The van der Waals surface area contributed by atoms with Gasteiger partial charge in [0, 0.05) is 19.4 Å². The molecule has 2 aliphatic heterocycles. The third-order valence-electron chi connectivity index (χ3n) is 24.4. The van der Waals surface area contributed by atoms with Crippen LogP contribution in [0.15, 0.2) is 0 Å². The van der Waals surface area contributed by atoms with Gasteiger partial charge in [-0.2, -0.15) is 4.31 Å². The lowest BCUT2D eigenvalue weighted by molar-refractivity contribution is -0.296. The number of hydrogen-bond acceptors (Lipinski definition) is 25. The maximum absolute atomic E-state index is 15.4. The minimum atomic E-state index is -6.05. The zero-order valence-electron chi connectivity index (χ0n) is 81.2. The molecule has 766 valence electrons. The standard InChI is InChI=1S/C96H184N3O28P3/c1-7-13-19-25-31-37-38-44-50-56-62-68-86(106)120-80(66-60-54-48-42-35-29-23-17-11-5)74-88(108)124-94-90(99-84(104)73-79(65-59-53-47-41-34-28-22-16-10-4)119-85(105)67-61-55-49-43-36-30-24-18-12-6)95(121-81(75-100)92(94)125-130(115,116)127-129(113,114)118-70-69-97)117-76-82-91(109)93(123-87(107)72-78(102)64-58-52-46-40-33-27-21-15-9-3)89(96(122-82)126-128(110,111)112)98-83(103)71-77(101)63-57-51-45-39-32-26-20-14-8-2/h77-82,89-96,100-102,109H,7-76,97H2,1-6H3,(H,98,103)(H,99,104)(H,113,114)(H,115,116)(H2,110,111,112)/t77-,78-,79-,80-,81-,82-,89-,90-,91-,92-,93-,94-,95-,96-/m1/s1. The average Bonchev–Trinajstić information content (AvgIpc) is 0.773. The second kappa shape index (κ2) is 78.7. The first-order valence-electron chi connectivity index (χ1n) is 51.7. The molecule has 16 atom stereocenters. The van der Waals surface area contributed by atoms with E-state index in [1.165, 1.54) is 38.5 Å². The van der Waals surface area contributed by atoms with Crippen LogP contribution in [-0.2, 0) is 93.5 Å². The molecule has 0 aromatic rings. The van der Waals surface area contributed by atoms with Gasteiger partial charge in [0.1, 0.15) is 48.7 Å². The number of aliphatic hydroxyl groups excluding tert-OH is 4. The van der Waals surface area contributed by atoms with Crippen LogP contribution in [0, 0.1) is 0 Å². The van der Waals surface area contributed by atoms with E-state index in [4.69, 9.17) is 56.8 Å². The first-order chi connectivity index (χ1) is 62.6. The molecule has 12 N–H and O–H groups in total. The summed E-state index contributed by atoms with van der Waals surface area (Å²) in [6.45, 7) is 9.60. The Morgan fingerprint density at radius 3 is 1.07 bits per heavy atom. The average molecular weight is 1920 g/mol. The molecule has 0 spiro atoms. The third-order valence-corrected chi connectivity index (χ3v) is 27.6. The molecule has 2 aliphatic rings. The SMILES string of the molecule is CCCCCCCCCCCCCC(=O)O[C@H](CCCCCCCCCCC)CC(=O)O[C@@H]1[C@@H](NC(=O)C[C@@H](CCCCCCCCCCC)OC(=O)CCCCCCCCCCC)[C@H](OC[C@H]2O[C@H](OP(=O)(O)O)[C@H](NC(=O)C[C@H](O)CCCCCCCCCCC)[C@@H](OC(=O)C[C@H](O)CCCCCCCCCCC)[C@@H]2O)O[C@H](CO)[C@H]1OP(=O)(O)OP(=O)(O)OCCN. The first-order valence-corrected chi connectivity index (χ1v) is 56.2. The lowest BCUT2D eigenvalue weighted by Crippen LogP contribution is -2.68. The number of esters is 4. The van der Waals surface area contributed by atoms with Gasteiger partial charge in [0.05, 0.1) is 57.7 Å². The molecule has 2 rings (SSSR count). The van der Waals surface area contributed by atoms with E-state index in [9.17, 15) is 72.9 Å². The quantitative estimate of drug-likeness (QED) is 0.0117. The van der Waals surface area contributed by atoms with E-state index in [-0.39, 0.29) is 45.1 Å². The predicted molar refractivity (Wildman–Crippen MR) is 504 cm³/mol. The number of carbonyl (C=O) groups is 6. The third kappa shape index (κ3) is 64.1. The molecule has 2 unspecified atom stereocenters. The molecule has 0 aromatic carbocycles. The highest BCUT2D eigenvalue weighted by atomic mass is 31.3. The largest absolute Gasteiger partial charge is 0.481 e. The van der Waals surface area contributed by atoms with Crippen LogP contribution in [0.3, 0.4) is 0 Å². The van der Waals surface area contributed by atoms with Crippen molar-refractivity contribution in [1.29, 1.82) is 0 Å². The fourth-order valence-corrected chi connectivity index (χ4v) is 19.7. The number of phosphoric ester groups is 3. The molecule has 0 aliphatic carbocycles. The van der Waals surface area contributed by atoms with Crippen LogP contribution in [0.25, 0.3) is 0 Å². The van der Waals surface area contributed by atoms with E-state index in [0.29, 0.717) is 44.9 Å². The fraction of sp³-hybridized carbons (Fsp3) is 0.938. The number of amides is 2. The van der Waals surface area contributed by atoms with Crippen LogP contribution in [-0.4, -0.2) is 188 Å². The van der Waals surface area contributed by atoms with E-state index in [0.717, 1.165) is 276 Å². The summed E-state index contributed by atoms with van der Waals surface area (Å²) in [5.41, 5.74) is 5.54. The van der Waals surface area contributed by atoms with Gasteiger partial charge in [-0.3, -0.25) is 42.3 Å². The Bertz CT molecular complexity index is 2980. The van der Waals surface area contributed by atoms with E-state index in [1.54, 1.807) is 0 Å². The van der Waals surface area contributed by atoms with Crippen molar-refractivity contribution in [3.8, 4) is 0 Å². The highest BCUT2D eigenvalue weighted by Gasteiger charge is 2.56. The lowest BCUT2D eigenvalue weighted by atomic mass is 9.95. The Kier molecular flexibility index (Phi) is 74.5. The second-order valence-electron chi connectivity index (χ2n) is 36.7. The molecule has 0 radical (unpaired) electrons. The van der Waals surface area contributed by atoms with Crippen molar-refractivity contribution < 1.29 is 134 Å². The fourth-order valence-electron chi connectivity index (χ4n) is 16.9. The van der Waals surface area contributed by atoms with Gasteiger partial charge in [-0.05, 0) is 51.4 Å². The molecule has 0 aromatic heterocycles. The van der Waals surface area contributed by atoms with Crippen molar-refractivity contribution in [3.63, 3.8) is 0 Å². The van der Waals surface area contributed by atoms with Gasteiger partial charge < -0.3 is 89.5 Å². The molecule has 0 saturated carbocycles. The van der Waals surface area contributed by atoms with Gasteiger partial charge in [0.25, 0.3) is 0 Å². The zero-order chi connectivity index (χ0) is 95.7. The molecule has 2 fully saturated rings. The van der Waals surface area contributed by atoms with Gasteiger partial charge in [-0.25, -0.2) is 13.7 Å². The van der Waals surface area contributed by atoms with Crippen LogP contribution in [0.2, 0.25) is 0 Å². The number of aliphatic hydroxyl groups is 4. The molecule has 2 heterocycles. The van der Waals surface area contributed by atoms with Crippen molar-refractivity contribution in [3.05, 3.63) is 0 Å². The first kappa shape index (κ1) is 123. The van der Waals surface area contributed by atoms with Gasteiger partial charge in [0.15, 0.2) is 24.8 Å². The van der Waals surface area contributed by atoms with Crippen LogP contribution in [0.4, 0.5) is 0 Å². The lowest BCUT2D eigenvalue weighted by Gasteiger charge is -2.47. The number of hydrogen-bond donors (Lipinski definition) is 11. The van der Waals surface area contributed by atoms with Crippen LogP contribution < -0.4 is 16.4 Å². The smallest absolute Gasteiger partial charge is 0.462 e. The van der Waals surface area contributed by atoms with Crippen molar-refractivity contribution >= 4 is 59.2 Å². The van der Waals surface area contributed by atoms with Crippen molar-refractivity contribution in [2.45, 2.75) is 551 Å². The Morgan fingerprint density at radius 1 is 0.369 bits per heavy atom. The summed E-state index contributed by atoms with van der Waals surface area (Å²) in [5.74, 6) is -5.37. The number of carbonyl (C=O) groups excluding carboxylic acids is 6. The minimum Gasteiger partial charge on any atom is -0.462 e. The molecular weight excluding hydrogens is 1740 g/mol. The highest BCUT2D eigenvalue weighted by Crippen LogP contribution is 2.61. The van der Waals surface area contributed by atoms with Gasteiger partial charge in [-0.1, -0.05) is 375 Å². The number of rotatable bonds is 89. The van der Waals surface area contributed by atoms with Crippen molar-refractivity contribution in [2.75, 3.05) is 26.4 Å². The second-order valence-corrected chi connectivity index (χ2v) is 40.9. The normalized spacial score (nSPS) is 20.8. The van der Waals surface area contributed by atoms with E-state index >= 15 is 9.59 Å². The maximum atomic E-state index is 15.4. The molecule has 130 heavy (non-hydrogen) atoms. The number of phosphoric acid groups is 3. The summed E-state index contributed by atoms with van der Waals surface area (Å²) in [6, 6.07) is -4.05. The van der Waals surface area contributed by atoms with Crippen molar-refractivity contribution in [2.24, 2.45) is 5.73 Å². The summed E-state index contributed by atoms with van der Waals surface area (Å²) in [6.07, 6.45) is 30.9. The Morgan fingerprint density at radius 2 is 0.692 bits per heavy atom. The minimum absolute atomic E-state index is 0.0297. The van der Waals surface area contributed by atoms with E-state index in [1.807, 2.05) is 0 Å². The van der Waals surface area contributed by atoms with Crippen molar-refractivity contribution in [1.82, 2.24) is 10.6 Å². The van der Waals surface area contributed by atoms with Crippen LogP contribution in [0.5, 0.6) is 0 Å². The maximum Gasteiger partial charge on any atom is 0.481 e. The molecule has 2 saturated heterocycles. The Labute approximate surface area is 782 Å².